The average Bonchev–Trinajstić information content (AvgIpc) is 1.94. The van der Waals surface area contributed by atoms with E-state index < -0.39 is 0 Å². The third-order valence-electron chi connectivity index (χ3n) is 1.59. The zero-order chi connectivity index (χ0) is 7.40. The van der Waals surface area contributed by atoms with Crippen LogP contribution >= 0.6 is 9.24 Å². The molecule has 1 rings (SSSR count). The fraction of sp³-hybridized carbons (Fsp3) is 0.500. The molecule has 0 aromatic heterocycles. The maximum atomic E-state index is 2.75. The second-order valence-electron chi connectivity index (χ2n) is 2.47. The van der Waals surface area contributed by atoms with Gasteiger partial charge in [-0.25, -0.2) is 0 Å². The van der Waals surface area contributed by atoms with Crippen molar-refractivity contribution in [2.75, 3.05) is 13.1 Å². The first kappa shape index (κ1) is 7.81. The third-order valence-corrected chi connectivity index (χ3v) is 2.15. The monoisotopic (exact) mass is 155 g/mol. The second kappa shape index (κ2) is 3.78. The summed E-state index contributed by atoms with van der Waals surface area (Å²) in [6, 6.07) is 0. The van der Waals surface area contributed by atoms with Crippen molar-refractivity contribution in [3.8, 4) is 0 Å². The molecule has 10 heavy (non-hydrogen) atoms. The van der Waals surface area contributed by atoms with Crippen LogP contribution in [0.3, 0.4) is 0 Å². The molecule has 0 bridgehead atoms. The molecular weight excluding hydrogens is 141 g/mol. The highest BCUT2D eigenvalue weighted by Gasteiger charge is 2.03. The number of hydrogen-bond acceptors (Lipinski definition) is 1. The van der Waals surface area contributed by atoms with Crippen molar-refractivity contribution in [1.82, 2.24) is 4.90 Å². The molecule has 0 fully saturated rings. The molecule has 2 heteroatoms. The van der Waals surface area contributed by atoms with Gasteiger partial charge in [-0.05, 0) is 12.5 Å². The first-order valence-corrected chi connectivity index (χ1v) is 4.29. The minimum absolute atomic E-state index is 1.07. The van der Waals surface area contributed by atoms with Crippen LogP contribution in [0.15, 0.2) is 23.7 Å². The summed E-state index contributed by atoms with van der Waals surface area (Å²) in [5.41, 5.74) is 1.31. The van der Waals surface area contributed by atoms with Crippen molar-refractivity contribution in [2.45, 2.75) is 13.3 Å². The van der Waals surface area contributed by atoms with Crippen molar-refractivity contribution >= 4 is 9.24 Å². The lowest BCUT2D eigenvalue weighted by Gasteiger charge is -2.24. The molecule has 0 aliphatic carbocycles. The van der Waals surface area contributed by atoms with E-state index in [4.69, 9.17) is 0 Å². The van der Waals surface area contributed by atoms with Gasteiger partial charge in [0, 0.05) is 18.5 Å². The minimum Gasteiger partial charge on any atom is -0.368 e. The lowest BCUT2D eigenvalue weighted by molar-refractivity contribution is 0.401. The maximum Gasteiger partial charge on any atom is 0.0362 e. The van der Waals surface area contributed by atoms with Gasteiger partial charge in [-0.15, -0.1) is 0 Å². The van der Waals surface area contributed by atoms with E-state index in [-0.39, 0.29) is 0 Å². The molecular formula is C8H14NP. The molecule has 1 aliphatic rings. The summed E-state index contributed by atoms with van der Waals surface area (Å²) >= 11 is 0. The van der Waals surface area contributed by atoms with Gasteiger partial charge in [0.15, 0.2) is 0 Å². The number of allylic oxidation sites excluding steroid dienone is 2. The molecule has 0 radical (unpaired) electrons. The summed E-state index contributed by atoms with van der Waals surface area (Å²) in [5, 5.41) is 0. The Bertz CT molecular complexity index is 161. The van der Waals surface area contributed by atoms with Gasteiger partial charge in [0.2, 0.25) is 0 Å². The second-order valence-corrected chi connectivity index (χ2v) is 3.06. The van der Waals surface area contributed by atoms with E-state index in [2.05, 4.69) is 39.3 Å². The van der Waals surface area contributed by atoms with Crippen molar-refractivity contribution in [3.63, 3.8) is 0 Å². The van der Waals surface area contributed by atoms with Crippen LogP contribution < -0.4 is 0 Å². The fourth-order valence-electron chi connectivity index (χ4n) is 1.06. The quantitative estimate of drug-likeness (QED) is 0.551. The van der Waals surface area contributed by atoms with E-state index in [1.165, 1.54) is 18.4 Å². The molecule has 1 nitrogen and oxygen atoms in total. The zero-order valence-electron chi connectivity index (χ0n) is 6.38. The smallest absolute Gasteiger partial charge is 0.0362 e. The van der Waals surface area contributed by atoms with Crippen LogP contribution in [0.4, 0.5) is 0 Å². The SMILES string of the molecule is CCCN1CC=CC=C1P. The summed E-state index contributed by atoms with van der Waals surface area (Å²) in [6.45, 7) is 4.44. The molecule has 56 valence electrons. The Kier molecular flexibility index (Phi) is 2.95. The summed E-state index contributed by atoms with van der Waals surface area (Å²) in [4.78, 5) is 2.35. The van der Waals surface area contributed by atoms with E-state index in [0.717, 1.165) is 6.54 Å². The normalized spacial score (nSPS) is 17.4. The largest absolute Gasteiger partial charge is 0.368 e. The molecule has 1 aliphatic heterocycles. The Morgan fingerprint density at radius 2 is 2.50 bits per heavy atom. The Morgan fingerprint density at radius 3 is 3.10 bits per heavy atom. The highest BCUT2D eigenvalue weighted by atomic mass is 31.0. The molecule has 0 aromatic carbocycles. The Hall–Kier alpha value is -0.290. The van der Waals surface area contributed by atoms with E-state index >= 15 is 0 Å². The van der Waals surface area contributed by atoms with Gasteiger partial charge in [-0.2, -0.15) is 0 Å². The minimum atomic E-state index is 1.07. The van der Waals surface area contributed by atoms with Crippen LogP contribution in [0.25, 0.3) is 0 Å². The first-order chi connectivity index (χ1) is 4.84. The Balaban J connectivity index is 2.47. The van der Waals surface area contributed by atoms with E-state index in [0.29, 0.717) is 0 Å². The highest BCUT2D eigenvalue weighted by Crippen LogP contribution is 2.15. The predicted octanol–water partition coefficient (Wildman–Crippen LogP) is 1.98. The van der Waals surface area contributed by atoms with Gasteiger partial charge in [0.25, 0.3) is 0 Å². The van der Waals surface area contributed by atoms with Crippen LogP contribution in [0.1, 0.15) is 13.3 Å². The molecule has 0 aromatic rings. The van der Waals surface area contributed by atoms with Crippen molar-refractivity contribution in [3.05, 3.63) is 23.7 Å². The van der Waals surface area contributed by atoms with Crippen molar-refractivity contribution in [2.24, 2.45) is 0 Å². The summed E-state index contributed by atoms with van der Waals surface area (Å²) in [6.07, 6.45) is 7.64. The van der Waals surface area contributed by atoms with Gasteiger partial charge >= 0.3 is 0 Å². The van der Waals surface area contributed by atoms with Crippen molar-refractivity contribution in [1.29, 1.82) is 0 Å². The van der Waals surface area contributed by atoms with Crippen LogP contribution in [-0.4, -0.2) is 18.0 Å². The predicted molar refractivity (Wildman–Crippen MR) is 48.8 cm³/mol. The van der Waals surface area contributed by atoms with Crippen LogP contribution in [-0.2, 0) is 0 Å². The molecule has 1 heterocycles. The topological polar surface area (TPSA) is 3.24 Å². The molecule has 0 spiro atoms. The molecule has 1 unspecified atom stereocenters. The van der Waals surface area contributed by atoms with Gasteiger partial charge in [0.1, 0.15) is 0 Å². The van der Waals surface area contributed by atoms with Gasteiger partial charge < -0.3 is 4.90 Å². The van der Waals surface area contributed by atoms with Crippen LogP contribution in [0.5, 0.6) is 0 Å². The Labute approximate surface area is 65.0 Å². The standard InChI is InChI=1S/C8H14NP/c1-2-6-9-7-4-3-5-8(9)10/h3-5H,2,6-7,10H2,1H3. The van der Waals surface area contributed by atoms with E-state index in [9.17, 15) is 0 Å². The fourth-order valence-corrected chi connectivity index (χ4v) is 1.40. The van der Waals surface area contributed by atoms with Crippen LogP contribution in [0.2, 0.25) is 0 Å². The summed E-state index contributed by atoms with van der Waals surface area (Å²) in [5.74, 6) is 0. The van der Waals surface area contributed by atoms with Crippen molar-refractivity contribution < 1.29 is 0 Å². The molecule has 0 amide bonds. The van der Waals surface area contributed by atoms with E-state index in [1.807, 2.05) is 0 Å². The molecule has 0 saturated carbocycles. The lowest BCUT2D eigenvalue weighted by atomic mass is 10.3. The maximum absolute atomic E-state index is 2.75. The zero-order valence-corrected chi connectivity index (χ0v) is 7.53. The van der Waals surface area contributed by atoms with Crippen LogP contribution in [0, 0.1) is 0 Å². The van der Waals surface area contributed by atoms with Gasteiger partial charge in [-0.1, -0.05) is 28.3 Å². The average molecular weight is 155 g/mol. The number of rotatable bonds is 2. The molecule has 0 N–H and O–H groups in total. The highest BCUT2D eigenvalue weighted by molar-refractivity contribution is 7.22. The summed E-state index contributed by atoms with van der Waals surface area (Å²) < 4.78 is 0. The summed E-state index contributed by atoms with van der Waals surface area (Å²) in [7, 11) is 2.75. The number of hydrogen-bond donors (Lipinski definition) is 0. The van der Waals surface area contributed by atoms with Gasteiger partial charge in [0.05, 0.1) is 0 Å². The first-order valence-electron chi connectivity index (χ1n) is 3.72. The number of nitrogens with zero attached hydrogens (tertiary/aromatic N) is 1. The van der Waals surface area contributed by atoms with Gasteiger partial charge in [-0.3, -0.25) is 0 Å². The molecule has 0 saturated heterocycles. The Morgan fingerprint density at radius 1 is 1.70 bits per heavy atom. The van der Waals surface area contributed by atoms with E-state index in [1.54, 1.807) is 0 Å². The lowest BCUT2D eigenvalue weighted by Crippen LogP contribution is -2.22. The molecule has 1 atom stereocenters. The third kappa shape index (κ3) is 1.85.